The maximum atomic E-state index is 5.45. The zero-order valence-corrected chi connectivity index (χ0v) is 12.6. The van der Waals surface area contributed by atoms with Crippen LogP contribution in [0.3, 0.4) is 0 Å². The van der Waals surface area contributed by atoms with Gasteiger partial charge in [-0.15, -0.1) is 0 Å². The Kier molecular flexibility index (Phi) is 2.75. The van der Waals surface area contributed by atoms with Gasteiger partial charge in [0, 0.05) is 23.5 Å². The largest absolute Gasteiger partial charge is 0.454 e. The molecule has 0 unspecified atom stereocenters. The fourth-order valence-electron chi connectivity index (χ4n) is 2.80. The highest BCUT2D eigenvalue weighted by molar-refractivity contribution is 5.67. The highest BCUT2D eigenvalue weighted by Gasteiger charge is 2.15. The molecular weight excluding hydrogens is 304 g/mol. The molecule has 0 atom stereocenters. The molecule has 0 fully saturated rings. The van der Waals surface area contributed by atoms with Crippen LogP contribution in [0, 0.1) is 0 Å². The molecule has 6 heteroatoms. The molecule has 6 nitrogen and oxygen atoms in total. The summed E-state index contributed by atoms with van der Waals surface area (Å²) in [5, 5.41) is 4.74. The summed E-state index contributed by atoms with van der Waals surface area (Å²) in [5.74, 6) is 1.51. The summed E-state index contributed by atoms with van der Waals surface area (Å²) >= 11 is 0. The van der Waals surface area contributed by atoms with E-state index in [0.29, 0.717) is 0 Å². The maximum Gasteiger partial charge on any atom is 0.231 e. The number of hydrogen-bond donors (Lipinski definition) is 0. The number of imidazole rings is 1. The molecule has 24 heavy (non-hydrogen) atoms. The third-order valence-electron chi connectivity index (χ3n) is 4.01. The minimum Gasteiger partial charge on any atom is -0.454 e. The number of rotatable bonds is 2. The standard InChI is InChI=1S/C18H12N4O2/c1-3-16-17(24-11-23-16)9-13(1)14-2-4-18-20-10-15(22(18)21-14)12-5-7-19-8-6-12/h1-10H,11H2. The zero-order chi connectivity index (χ0) is 15.9. The van der Waals surface area contributed by atoms with Gasteiger partial charge in [-0.25, -0.2) is 9.50 Å². The summed E-state index contributed by atoms with van der Waals surface area (Å²) in [6.07, 6.45) is 5.34. The lowest BCUT2D eigenvalue weighted by molar-refractivity contribution is 0.174. The van der Waals surface area contributed by atoms with Crippen LogP contribution in [0.15, 0.2) is 61.1 Å². The molecule has 4 aromatic rings. The molecule has 1 aromatic carbocycles. The van der Waals surface area contributed by atoms with Gasteiger partial charge in [-0.1, -0.05) is 0 Å². The smallest absolute Gasteiger partial charge is 0.231 e. The highest BCUT2D eigenvalue weighted by Crippen LogP contribution is 2.35. The summed E-state index contributed by atoms with van der Waals surface area (Å²) < 4.78 is 12.7. The van der Waals surface area contributed by atoms with Gasteiger partial charge < -0.3 is 9.47 Å². The van der Waals surface area contributed by atoms with Crippen molar-refractivity contribution in [2.24, 2.45) is 0 Å². The minimum atomic E-state index is 0.263. The molecule has 0 saturated carbocycles. The molecule has 116 valence electrons. The van der Waals surface area contributed by atoms with Crippen molar-refractivity contribution in [1.29, 1.82) is 0 Å². The van der Waals surface area contributed by atoms with E-state index in [0.717, 1.165) is 39.7 Å². The van der Waals surface area contributed by atoms with Crippen molar-refractivity contribution >= 4 is 5.65 Å². The highest BCUT2D eigenvalue weighted by atomic mass is 16.7. The molecule has 1 aliphatic heterocycles. The van der Waals surface area contributed by atoms with Crippen LogP contribution in [-0.2, 0) is 0 Å². The van der Waals surface area contributed by atoms with Crippen LogP contribution >= 0.6 is 0 Å². The predicted molar refractivity (Wildman–Crippen MR) is 87.8 cm³/mol. The van der Waals surface area contributed by atoms with Gasteiger partial charge in [-0.05, 0) is 42.5 Å². The summed E-state index contributed by atoms with van der Waals surface area (Å²) in [6, 6.07) is 13.6. The monoisotopic (exact) mass is 316 g/mol. The van der Waals surface area contributed by atoms with Crippen molar-refractivity contribution in [3.05, 3.63) is 61.1 Å². The average molecular weight is 316 g/mol. The topological polar surface area (TPSA) is 61.5 Å². The maximum absolute atomic E-state index is 5.45. The second-order valence-electron chi connectivity index (χ2n) is 5.44. The van der Waals surface area contributed by atoms with Crippen molar-refractivity contribution in [2.45, 2.75) is 0 Å². The first kappa shape index (κ1) is 13.1. The first-order valence-corrected chi connectivity index (χ1v) is 7.54. The van der Waals surface area contributed by atoms with Crippen molar-refractivity contribution in [3.8, 4) is 34.0 Å². The third-order valence-corrected chi connectivity index (χ3v) is 4.01. The van der Waals surface area contributed by atoms with Gasteiger partial charge in [0.25, 0.3) is 0 Å². The average Bonchev–Trinajstić information content (AvgIpc) is 3.28. The van der Waals surface area contributed by atoms with Crippen LogP contribution in [0.25, 0.3) is 28.2 Å². The zero-order valence-electron chi connectivity index (χ0n) is 12.6. The number of hydrogen-bond acceptors (Lipinski definition) is 5. The van der Waals surface area contributed by atoms with Crippen LogP contribution < -0.4 is 9.47 Å². The van der Waals surface area contributed by atoms with E-state index in [2.05, 4.69) is 9.97 Å². The van der Waals surface area contributed by atoms with E-state index >= 15 is 0 Å². The van der Waals surface area contributed by atoms with E-state index < -0.39 is 0 Å². The van der Waals surface area contributed by atoms with Crippen LogP contribution in [0.2, 0.25) is 0 Å². The quantitative estimate of drug-likeness (QED) is 0.568. The second kappa shape index (κ2) is 5.06. The fourth-order valence-corrected chi connectivity index (χ4v) is 2.80. The number of fused-ring (bicyclic) bond motifs is 2. The van der Waals surface area contributed by atoms with Crippen molar-refractivity contribution < 1.29 is 9.47 Å². The van der Waals surface area contributed by atoms with Gasteiger partial charge >= 0.3 is 0 Å². The van der Waals surface area contributed by atoms with Crippen molar-refractivity contribution in [1.82, 2.24) is 19.6 Å². The first-order chi connectivity index (χ1) is 11.9. The normalized spacial score (nSPS) is 12.7. The SMILES string of the molecule is c1cc(-c2cnc3ccc(-c4ccc5c(c4)OCO5)nn23)ccn1. The van der Waals surface area contributed by atoms with Gasteiger partial charge in [0.15, 0.2) is 17.1 Å². The third kappa shape index (κ3) is 2.00. The number of aromatic nitrogens is 4. The Morgan fingerprint density at radius 3 is 2.67 bits per heavy atom. The molecule has 0 radical (unpaired) electrons. The van der Waals surface area contributed by atoms with Gasteiger partial charge in [0.1, 0.15) is 0 Å². The van der Waals surface area contributed by atoms with E-state index in [-0.39, 0.29) is 6.79 Å². The lowest BCUT2D eigenvalue weighted by Crippen LogP contribution is -1.96. The second-order valence-corrected chi connectivity index (χ2v) is 5.44. The van der Waals surface area contributed by atoms with Crippen LogP contribution in [0.4, 0.5) is 0 Å². The van der Waals surface area contributed by atoms with Gasteiger partial charge in [-0.3, -0.25) is 4.98 Å². The van der Waals surface area contributed by atoms with Gasteiger partial charge in [0.05, 0.1) is 17.6 Å². The lowest BCUT2D eigenvalue weighted by atomic mass is 10.1. The lowest BCUT2D eigenvalue weighted by Gasteiger charge is -2.05. The molecule has 0 bridgehead atoms. The Morgan fingerprint density at radius 2 is 1.75 bits per heavy atom. The van der Waals surface area contributed by atoms with E-state index in [1.807, 2.05) is 53.2 Å². The number of pyridine rings is 1. The van der Waals surface area contributed by atoms with Crippen LogP contribution in [0.1, 0.15) is 0 Å². The van der Waals surface area contributed by atoms with E-state index in [1.165, 1.54) is 0 Å². The number of nitrogens with zero attached hydrogens (tertiary/aromatic N) is 4. The Bertz CT molecular complexity index is 1040. The summed E-state index contributed by atoms with van der Waals surface area (Å²) in [6.45, 7) is 0.263. The number of ether oxygens (including phenoxy) is 2. The van der Waals surface area contributed by atoms with E-state index in [9.17, 15) is 0 Å². The van der Waals surface area contributed by atoms with Crippen LogP contribution in [-0.4, -0.2) is 26.4 Å². The predicted octanol–water partition coefficient (Wildman–Crippen LogP) is 3.19. The Hall–Kier alpha value is -3.41. The molecule has 0 saturated heterocycles. The van der Waals surface area contributed by atoms with Crippen LogP contribution in [0.5, 0.6) is 11.5 Å². The summed E-state index contributed by atoms with van der Waals surface area (Å²) in [5.41, 5.74) is 4.55. The minimum absolute atomic E-state index is 0.263. The Labute approximate surface area is 137 Å². The van der Waals surface area contributed by atoms with Crippen molar-refractivity contribution in [3.63, 3.8) is 0 Å². The summed E-state index contributed by atoms with van der Waals surface area (Å²) in [7, 11) is 0. The molecule has 0 spiro atoms. The van der Waals surface area contributed by atoms with Crippen molar-refractivity contribution in [2.75, 3.05) is 6.79 Å². The fraction of sp³-hybridized carbons (Fsp3) is 0.0556. The first-order valence-electron chi connectivity index (χ1n) is 7.54. The molecule has 3 aromatic heterocycles. The van der Waals surface area contributed by atoms with E-state index in [4.69, 9.17) is 14.6 Å². The molecule has 0 aliphatic carbocycles. The van der Waals surface area contributed by atoms with Gasteiger partial charge in [-0.2, -0.15) is 5.10 Å². The van der Waals surface area contributed by atoms with Gasteiger partial charge in [0.2, 0.25) is 6.79 Å². The molecule has 1 aliphatic rings. The molecule has 5 rings (SSSR count). The molecule has 0 N–H and O–H groups in total. The molecule has 0 amide bonds. The Balaban J connectivity index is 1.65. The number of benzene rings is 1. The van der Waals surface area contributed by atoms with E-state index in [1.54, 1.807) is 12.4 Å². The molecule has 4 heterocycles. The molecular formula is C18H12N4O2. The Morgan fingerprint density at radius 1 is 0.875 bits per heavy atom. The summed E-state index contributed by atoms with van der Waals surface area (Å²) in [4.78, 5) is 8.48.